The first kappa shape index (κ1) is 13.9. The van der Waals surface area contributed by atoms with E-state index in [0.29, 0.717) is 13.0 Å². The maximum atomic E-state index is 10.9. The van der Waals surface area contributed by atoms with Crippen LogP contribution < -0.4 is 0 Å². The van der Waals surface area contributed by atoms with Crippen LogP contribution in [0.3, 0.4) is 0 Å². The second kappa shape index (κ2) is 8.27. The molecule has 0 fully saturated rings. The molecule has 0 radical (unpaired) electrons. The lowest BCUT2D eigenvalue weighted by molar-refractivity contribution is -0.143. The van der Waals surface area contributed by atoms with E-state index in [4.69, 9.17) is 4.74 Å². The van der Waals surface area contributed by atoms with E-state index in [9.17, 15) is 4.79 Å². The first-order valence-electron chi connectivity index (χ1n) is 5.60. The van der Waals surface area contributed by atoms with Crippen LogP contribution in [0.25, 0.3) is 0 Å². The monoisotopic (exact) mass is 210 g/mol. The third kappa shape index (κ3) is 6.95. The van der Waals surface area contributed by atoms with Crippen molar-refractivity contribution in [2.24, 2.45) is 0 Å². The van der Waals surface area contributed by atoms with Crippen molar-refractivity contribution in [3.63, 3.8) is 0 Å². The van der Waals surface area contributed by atoms with Gasteiger partial charge >= 0.3 is 5.97 Å². The SMILES string of the molecule is CC/C=C/C(C)=C(\C)CCOC(=O)CC. The van der Waals surface area contributed by atoms with Gasteiger partial charge in [-0.25, -0.2) is 0 Å². The summed E-state index contributed by atoms with van der Waals surface area (Å²) in [4.78, 5) is 10.9. The van der Waals surface area contributed by atoms with E-state index in [0.717, 1.165) is 12.8 Å². The molecule has 0 saturated carbocycles. The summed E-state index contributed by atoms with van der Waals surface area (Å²) < 4.78 is 5.02. The van der Waals surface area contributed by atoms with E-state index >= 15 is 0 Å². The molecular weight excluding hydrogens is 188 g/mol. The maximum Gasteiger partial charge on any atom is 0.305 e. The normalized spacial score (nSPS) is 12.8. The summed E-state index contributed by atoms with van der Waals surface area (Å²) in [7, 11) is 0. The first-order valence-corrected chi connectivity index (χ1v) is 5.60. The molecule has 0 aromatic carbocycles. The molecule has 0 unspecified atom stereocenters. The Hall–Kier alpha value is -1.05. The van der Waals surface area contributed by atoms with Gasteiger partial charge in [-0.3, -0.25) is 4.79 Å². The van der Waals surface area contributed by atoms with Crippen molar-refractivity contribution in [3.8, 4) is 0 Å². The van der Waals surface area contributed by atoms with Gasteiger partial charge in [0.1, 0.15) is 0 Å². The van der Waals surface area contributed by atoms with Crippen molar-refractivity contribution < 1.29 is 9.53 Å². The number of carbonyl (C=O) groups is 1. The largest absolute Gasteiger partial charge is 0.465 e. The number of hydrogen-bond acceptors (Lipinski definition) is 2. The van der Waals surface area contributed by atoms with Crippen LogP contribution in [0.2, 0.25) is 0 Å². The molecular formula is C13H22O2. The molecule has 0 aliphatic heterocycles. The molecule has 0 bridgehead atoms. The Morgan fingerprint density at radius 3 is 2.47 bits per heavy atom. The molecule has 0 amide bonds. The highest BCUT2D eigenvalue weighted by Crippen LogP contribution is 2.09. The lowest BCUT2D eigenvalue weighted by atomic mass is 10.1. The first-order chi connectivity index (χ1) is 7.11. The van der Waals surface area contributed by atoms with Crippen LogP contribution >= 0.6 is 0 Å². The highest BCUT2D eigenvalue weighted by Gasteiger charge is 1.99. The average Bonchev–Trinajstić information content (AvgIpc) is 2.25. The predicted molar refractivity (Wildman–Crippen MR) is 63.7 cm³/mol. The number of ether oxygens (including phenoxy) is 1. The van der Waals surface area contributed by atoms with Gasteiger partial charge in [0.2, 0.25) is 0 Å². The fraction of sp³-hybridized carbons (Fsp3) is 0.615. The van der Waals surface area contributed by atoms with Gasteiger partial charge in [-0.05, 0) is 20.3 Å². The zero-order valence-corrected chi connectivity index (χ0v) is 10.3. The summed E-state index contributed by atoms with van der Waals surface area (Å²) in [6.07, 6.45) is 6.59. The highest BCUT2D eigenvalue weighted by atomic mass is 16.5. The molecule has 2 nitrogen and oxygen atoms in total. The minimum Gasteiger partial charge on any atom is -0.465 e. The Labute approximate surface area is 93.0 Å². The van der Waals surface area contributed by atoms with Crippen molar-refractivity contribution in [2.75, 3.05) is 6.61 Å². The zero-order chi connectivity index (χ0) is 11.7. The van der Waals surface area contributed by atoms with E-state index in [-0.39, 0.29) is 5.97 Å². The average molecular weight is 210 g/mol. The topological polar surface area (TPSA) is 26.3 Å². The Morgan fingerprint density at radius 2 is 1.93 bits per heavy atom. The standard InChI is InChI=1S/C13H22O2/c1-5-7-8-11(3)12(4)9-10-15-13(14)6-2/h7-8H,5-6,9-10H2,1-4H3/b8-7+,12-11+. The second-order valence-corrected chi connectivity index (χ2v) is 3.60. The van der Waals surface area contributed by atoms with Crippen LogP contribution in [0.1, 0.15) is 47.0 Å². The van der Waals surface area contributed by atoms with Crippen LogP contribution in [-0.4, -0.2) is 12.6 Å². The molecule has 0 saturated heterocycles. The van der Waals surface area contributed by atoms with E-state index in [2.05, 4.69) is 32.9 Å². The fourth-order valence-corrected chi connectivity index (χ4v) is 1.05. The Morgan fingerprint density at radius 1 is 1.27 bits per heavy atom. The van der Waals surface area contributed by atoms with Crippen LogP contribution in [0, 0.1) is 0 Å². The molecule has 0 aromatic rings. The lowest BCUT2D eigenvalue weighted by Crippen LogP contribution is -2.04. The molecule has 0 aliphatic carbocycles. The molecule has 86 valence electrons. The fourth-order valence-electron chi connectivity index (χ4n) is 1.05. The van der Waals surface area contributed by atoms with Gasteiger partial charge in [-0.15, -0.1) is 0 Å². The van der Waals surface area contributed by atoms with Gasteiger partial charge in [0.05, 0.1) is 6.61 Å². The number of hydrogen-bond donors (Lipinski definition) is 0. The second-order valence-electron chi connectivity index (χ2n) is 3.60. The number of esters is 1. The number of allylic oxidation sites excluding steroid dienone is 3. The molecule has 0 heterocycles. The van der Waals surface area contributed by atoms with E-state index in [1.54, 1.807) is 6.92 Å². The lowest BCUT2D eigenvalue weighted by Gasteiger charge is -2.05. The highest BCUT2D eigenvalue weighted by molar-refractivity contribution is 5.68. The Balaban J connectivity index is 3.95. The van der Waals surface area contributed by atoms with Crippen molar-refractivity contribution in [2.45, 2.75) is 47.0 Å². The van der Waals surface area contributed by atoms with Crippen molar-refractivity contribution in [1.82, 2.24) is 0 Å². The number of carbonyl (C=O) groups excluding carboxylic acids is 1. The van der Waals surface area contributed by atoms with Crippen molar-refractivity contribution in [1.29, 1.82) is 0 Å². The van der Waals surface area contributed by atoms with Gasteiger partial charge < -0.3 is 4.74 Å². The summed E-state index contributed by atoms with van der Waals surface area (Å²) in [6, 6.07) is 0. The third-order valence-electron chi connectivity index (χ3n) is 2.31. The molecule has 0 aromatic heterocycles. The predicted octanol–water partition coefficient (Wildman–Crippen LogP) is 3.63. The summed E-state index contributed by atoms with van der Waals surface area (Å²) in [5.74, 6) is -0.121. The minimum absolute atomic E-state index is 0.121. The van der Waals surface area contributed by atoms with Crippen LogP contribution in [0.15, 0.2) is 23.3 Å². The third-order valence-corrected chi connectivity index (χ3v) is 2.31. The summed E-state index contributed by atoms with van der Waals surface area (Å²) in [5.41, 5.74) is 2.55. The molecule has 0 rings (SSSR count). The maximum absolute atomic E-state index is 10.9. The smallest absolute Gasteiger partial charge is 0.305 e. The molecule has 2 heteroatoms. The molecule has 0 spiro atoms. The quantitative estimate of drug-likeness (QED) is 0.494. The van der Waals surface area contributed by atoms with Crippen molar-refractivity contribution in [3.05, 3.63) is 23.3 Å². The molecule has 0 N–H and O–H groups in total. The molecule has 0 aliphatic rings. The van der Waals surface area contributed by atoms with Crippen molar-refractivity contribution >= 4 is 5.97 Å². The van der Waals surface area contributed by atoms with E-state index in [1.165, 1.54) is 11.1 Å². The summed E-state index contributed by atoms with van der Waals surface area (Å²) in [5, 5.41) is 0. The summed E-state index contributed by atoms with van der Waals surface area (Å²) >= 11 is 0. The van der Waals surface area contributed by atoms with Gasteiger partial charge in [-0.2, -0.15) is 0 Å². The van der Waals surface area contributed by atoms with Gasteiger partial charge in [0.15, 0.2) is 0 Å². The Kier molecular flexibility index (Phi) is 7.69. The molecule has 0 atom stereocenters. The van der Waals surface area contributed by atoms with Gasteiger partial charge in [0.25, 0.3) is 0 Å². The zero-order valence-electron chi connectivity index (χ0n) is 10.3. The Bertz CT molecular complexity index is 249. The van der Waals surface area contributed by atoms with Crippen LogP contribution in [0.5, 0.6) is 0 Å². The van der Waals surface area contributed by atoms with Gasteiger partial charge in [0, 0.05) is 12.8 Å². The van der Waals surface area contributed by atoms with Gasteiger partial charge in [-0.1, -0.05) is 37.1 Å². The van der Waals surface area contributed by atoms with Crippen LogP contribution in [-0.2, 0) is 9.53 Å². The summed E-state index contributed by atoms with van der Waals surface area (Å²) in [6.45, 7) is 8.58. The number of rotatable bonds is 6. The molecule has 15 heavy (non-hydrogen) atoms. The van der Waals surface area contributed by atoms with Crippen LogP contribution in [0.4, 0.5) is 0 Å². The van der Waals surface area contributed by atoms with E-state index < -0.39 is 0 Å². The van der Waals surface area contributed by atoms with E-state index in [1.807, 2.05) is 0 Å². The minimum atomic E-state index is -0.121.